The van der Waals surface area contributed by atoms with Gasteiger partial charge in [0.2, 0.25) is 0 Å². The summed E-state index contributed by atoms with van der Waals surface area (Å²) >= 11 is 3.45. The minimum Gasteiger partial charge on any atom is -0.466 e. The lowest BCUT2D eigenvalue weighted by Gasteiger charge is -2.37. The summed E-state index contributed by atoms with van der Waals surface area (Å²) in [4.78, 5) is 31.1. The third-order valence-electron chi connectivity index (χ3n) is 5.99. The second-order valence-corrected chi connectivity index (χ2v) is 9.13. The smallest absolute Gasteiger partial charge is 0.338 e. The molecule has 0 radical (unpaired) electrons. The predicted molar refractivity (Wildman–Crippen MR) is 135 cm³/mol. The highest BCUT2D eigenvalue weighted by atomic mass is 79.9. The standard InChI is InChI=1S/C26H27BrFN3O5/c1-2-36-26(33)23-22(13-31-10-11-34-14-19(31)15-35-16-32)29-25(17-6-4-3-5-7-17)30-24(23)20-9-8-18(28)12-21(20)27/h3-9,12,16,19,24H,2,10-11,13-15H2,1H3,(H,29,30). The Morgan fingerprint density at radius 3 is 2.83 bits per heavy atom. The van der Waals surface area contributed by atoms with E-state index in [9.17, 15) is 14.0 Å². The molecular formula is C26H27BrFN3O5. The van der Waals surface area contributed by atoms with Crippen molar-refractivity contribution >= 4 is 34.2 Å². The molecule has 0 aromatic heterocycles. The fourth-order valence-electron chi connectivity index (χ4n) is 4.26. The number of benzene rings is 2. The zero-order valence-corrected chi connectivity index (χ0v) is 21.4. The number of rotatable bonds is 9. The number of hydrogen-bond donors (Lipinski definition) is 1. The molecule has 2 heterocycles. The molecule has 36 heavy (non-hydrogen) atoms. The number of esters is 1. The van der Waals surface area contributed by atoms with Crippen LogP contribution in [0.5, 0.6) is 0 Å². The molecule has 2 atom stereocenters. The van der Waals surface area contributed by atoms with Crippen LogP contribution in [0.3, 0.4) is 0 Å². The monoisotopic (exact) mass is 559 g/mol. The van der Waals surface area contributed by atoms with Crippen molar-refractivity contribution in [2.75, 3.05) is 39.5 Å². The maximum atomic E-state index is 13.9. The Morgan fingerprint density at radius 2 is 2.11 bits per heavy atom. The van der Waals surface area contributed by atoms with Crippen molar-refractivity contribution < 1.29 is 28.2 Å². The SMILES string of the molecule is CCOC(=O)C1=C(CN2CCOCC2COC=O)NC(c2ccccc2)=NC1c1ccc(F)cc1Br. The summed E-state index contributed by atoms with van der Waals surface area (Å²) in [5, 5.41) is 3.36. The number of amidine groups is 1. The third kappa shape index (κ3) is 6.00. The van der Waals surface area contributed by atoms with E-state index in [2.05, 4.69) is 26.1 Å². The normalized spacial score (nSPS) is 20.4. The van der Waals surface area contributed by atoms with Crippen molar-refractivity contribution in [3.05, 3.63) is 81.2 Å². The Kier molecular flexibility index (Phi) is 8.84. The van der Waals surface area contributed by atoms with Crippen molar-refractivity contribution in [2.45, 2.75) is 19.0 Å². The van der Waals surface area contributed by atoms with E-state index in [-0.39, 0.29) is 19.3 Å². The molecule has 2 aromatic carbocycles. The van der Waals surface area contributed by atoms with E-state index in [0.29, 0.717) is 59.9 Å². The van der Waals surface area contributed by atoms with Crippen molar-refractivity contribution in [2.24, 2.45) is 4.99 Å². The van der Waals surface area contributed by atoms with Crippen LogP contribution < -0.4 is 5.32 Å². The van der Waals surface area contributed by atoms with Crippen LogP contribution in [0, 0.1) is 5.82 Å². The number of aliphatic imine (C=N–C) groups is 1. The molecule has 0 saturated carbocycles. The molecule has 1 saturated heterocycles. The Morgan fingerprint density at radius 1 is 1.31 bits per heavy atom. The molecule has 2 aromatic rings. The molecule has 10 heteroatoms. The zero-order valence-electron chi connectivity index (χ0n) is 19.8. The lowest BCUT2D eigenvalue weighted by atomic mass is 9.94. The lowest BCUT2D eigenvalue weighted by Crippen LogP contribution is -2.50. The molecule has 2 aliphatic rings. The van der Waals surface area contributed by atoms with E-state index < -0.39 is 17.8 Å². The van der Waals surface area contributed by atoms with E-state index in [0.717, 1.165) is 5.56 Å². The van der Waals surface area contributed by atoms with Crippen LogP contribution in [0.25, 0.3) is 0 Å². The number of hydrogen-bond acceptors (Lipinski definition) is 8. The first kappa shape index (κ1) is 26.0. The highest BCUT2D eigenvalue weighted by molar-refractivity contribution is 9.10. The van der Waals surface area contributed by atoms with Crippen LogP contribution in [0.1, 0.15) is 24.1 Å². The largest absolute Gasteiger partial charge is 0.466 e. The summed E-state index contributed by atoms with van der Waals surface area (Å²) in [6.45, 7) is 4.33. The number of nitrogens with zero attached hydrogens (tertiary/aromatic N) is 2. The minimum atomic E-state index is -0.740. The molecule has 2 unspecified atom stereocenters. The van der Waals surface area contributed by atoms with E-state index in [1.807, 2.05) is 30.3 Å². The first-order valence-electron chi connectivity index (χ1n) is 11.6. The quantitative estimate of drug-likeness (QED) is 0.372. The van der Waals surface area contributed by atoms with Gasteiger partial charge in [-0.2, -0.15) is 0 Å². The summed E-state index contributed by atoms with van der Waals surface area (Å²) in [6.07, 6.45) is 0. The fraction of sp³-hybridized carbons (Fsp3) is 0.346. The lowest BCUT2D eigenvalue weighted by molar-refractivity contribution is -0.139. The van der Waals surface area contributed by atoms with E-state index in [1.165, 1.54) is 12.1 Å². The number of carbonyl (C=O) groups excluding carboxylic acids is 2. The number of nitrogens with one attached hydrogen (secondary N) is 1. The Hall–Kier alpha value is -3.08. The third-order valence-corrected chi connectivity index (χ3v) is 6.68. The summed E-state index contributed by atoms with van der Waals surface area (Å²) < 4.78 is 30.5. The zero-order chi connectivity index (χ0) is 25.5. The number of carbonyl (C=O) groups is 2. The Balaban J connectivity index is 1.81. The van der Waals surface area contributed by atoms with Crippen LogP contribution in [0.2, 0.25) is 0 Å². The van der Waals surface area contributed by atoms with Gasteiger partial charge in [-0.1, -0.05) is 52.3 Å². The molecule has 8 nitrogen and oxygen atoms in total. The van der Waals surface area contributed by atoms with Crippen molar-refractivity contribution in [3.8, 4) is 0 Å². The molecule has 1 N–H and O–H groups in total. The van der Waals surface area contributed by atoms with E-state index in [1.54, 1.807) is 13.0 Å². The maximum Gasteiger partial charge on any atom is 0.338 e. The molecule has 0 spiro atoms. The van der Waals surface area contributed by atoms with Crippen LogP contribution in [-0.2, 0) is 23.8 Å². The second kappa shape index (κ2) is 12.2. The Labute approximate surface area is 217 Å². The highest BCUT2D eigenvalue weighted by Crippen LogP contribution is 2.37. The van der Waals surface area contributed by atoms with Crippen LogP contribution in [0.4, 0.5) is 4.39 Å². The topological polar surface area (TPSA) is 89.5 Å². The van der Waals surface area contributed by atoms with Gasteiger partial charge in [0.05, 0.1) is 31.4 Å². The van der Waals surface area contributed by atoms with Crippen molar-refractivity contribution in [3.63, 3.8) is 0 Å². The minimum absolute atomic E-state index is 0.165. The number of ether oxygens (including phenoxy) is 3. The maximum absolute atomic E-state index is 13.9. The van der Waals surface area contributed by atoms with Gasteiger partial charge >= 0.3 is 5.97 Å². The summed E-state index contributed by atoms with van der Waals surface area (Å²) in [7, 11) is 0. The first-order valence-corrected chi connectivity index (χ1v) is 12.4. The molecule has 1 fully saturated rings. The predicted octanol–water partition coefficient (Wildman–Crippen LogP) is 3.37. The average Bonchev–Trinajstić information content (AvgIpc) is 2.88. The van der Waals surface area contributed by atoms with Gasteiger partial charge < -0.3 is 19.5 Å². The first-order chi connectivity index (χ1) is 17.5. The molecule has 0 bridgehead atoms. The molecule has 190 valence electrons. The summed E-state index contributed by atoms with van der Waals surface area (Å²) in [6, 6.07) is 13.0. The summed E-state index contributed by atoms with van der Waals surface area (Å²) in [5.74, 6) is -0.333. The molecule has 0 aliphatic carbocycles. The van der Waals surface area contributed by atoms with Gasteiger partial charge in [0, 0.05) is 28.8 Å². The van der Waals surface area contributed by atoms with Crippen LogP contribution in [0.15, 0.2) is 69.3 Å². The molecule has 0 amide bonds. The van der Waals surface area contributed by atoms with E-state index in [4.69, 9.17) is 19.2 Å². The van der Waals surface area contributed by atoms with Gasteiger partial charge in [-0.3, -0.25) is 14.7 Å². The average molecular weight is 560 g/mol. The van der Waals surface area contributed by atoms with Crippen LogP contribution in [-0.4, -0.2) is 68.7 Å². The highest BCUT2D eigenvalue weighted by Gasteiger charge is 2.35. The van der Waals surface area contributed by atoms with Crippen LogP contribution >= 0.6 is 15.9 Å². The fourth-order valence-corrected chi connectivity index (χ4v) is 4.83. The number of morpholine rings is 1. The van der Waals surface area contributed by atoms with E-state index >= 15 is 0 Å². The second-order valence-electron chi connectivity index (χ2n) is 8.28. The number of halogens is 2. The van der Waals surface area contributed by atoms with Gasteiger partial charge in [0.1, 0.15) is 24.3 Å². The Bertz CT molecular complexity index is 1160. The van der Waals surface area contributed by atoms with Crippen molar-refractivity contribution in [1.29, 1.82) is 0 Å². The molecule has 4 rings (SSSR count). The molecule has 2 aliphatic heterocycles. The van der Waals surface area contributed by atoms with Gasteiger partial charge in [0.25, 0.3) is 6.47 Å². The van der Waals surface area contributed by atoms with Gasteiger partial charge in [-0.15, -0.1) is 0 Å². The van der Waals surface area contributed by atoms with Gasteiger partial charge in [-0.25, -0.2) is 9.18 Å². The van der Waals surface area contributed by atoms with Gasteiger partial charge in [-0.05, 0) is 24.6 Å². The summed E-state index contributed by atoms with van der Waals surface area (Å²) in [5.41, 5.74) is 2.42. The molecular weight excluding hydrogens is 533 g/mol. The van der Waals surface area contributed by atoms with Crippen molar-refractivity contribution in [1.82, 2.24) is 10.2 Å². The van der Waals surface area contributed by atoms with Gasteiger partial charge in [0.15, 0.2) is 0 Å².